The highest BCUT2D eigenvalue weighted by atomic mass is 16.5. The predicted octanol–water partition coefficient (Wildman–Crippen LogP) is 13.2. The van der Waals surface area contributed by atoms with Crippen molar-refractivity contribution in [2.75, 3.05) is 26.3 Å². The summed E-state index contributed by atoms with van der Waals surface area (Å²) in [5.74, 6) is 0.340. The minimum atomic E-state index is -0.882. The molecule has 2 aromatic heterocycles. The molecule has 86 heavy (non-hydrogen) atoms. The number of hydrogen-bond acceptors (Lipinski definition) is 12. The van der Waals surface area contributed by atoms with Gasteiger partial charge in [0.15, 0.2) is 11.6 Å². The number of allylic oxidation sites excluding steroid dienone is 4. The maximum absolute atomic E-state index is 14.2. The fourth-order valence-electron chi connectivity index (χ4n) is 15.1. The molecule has 4 fully saturated rings. The molecule has 10 atom stereocenters. The molecular weight excluding hydrogens is 1080 g/mol. The van der Waals surface area contributed by atoms with Gasteiger partial charge in [-0.15, -0.1) is 13.2 Å². The number of benzene rings is 2. The van der Waals surface area contributed by atoms with Crippen molar-refractivity contribution in [3.63, 3.8) is 0 Å². The first-order valence-electron chi connectivity index (χ1n) is 32.3. The molecule has 7 aliphatic rings. The highest BCUT2D eigenvalue weighted by molar-refractivity contribution is 5.97. The van der Waals surface area contributed by atoms with Crippen LogP contribution in [-0.4, -0.2) is 105 Å². The lowest BCUT2D eigenvalue weighted by Gasteiger charge is -2.36. The molecule has 11 rings (SSSR count). The molecule has 7 heterocycles. The quantitative estimate of drug-likeness (QED) is 0.0627. The number of ketones is 2. The van der Waals surface area contributed by atoms with Gasteiger partial charge in [-0.05, 0) is 155 Å². The van der Waals surface area contributed by atoms with Crippen LogP contribution in [0.4, 0.5) is 0 Å². The number of nitrogens with zero attached hydrogens (tertiary/aromatic N) is 4. The largest absolute Gasteiger partial charge is 0.483 e. The summed E-state index contributed by atoms with van der Waals surface area (Å²) in [5.41, 5.74) is 5.19. The van der Waals surface area contributed by atoms with E-state index in [1.54, 1.807) is 29.7 Å². The number of aromatic nitrogens is 2. The number of fused-ring (bicyclic) bond motifs is 8. The fourth-order valence-corrected chi connectivity index (χ4v) is 15.1. The van der Waals surface area contributed by atoms with Crippen LogP contribution in [0.15, 0.2) is 73.9 Å². The normalized spacial score (nSPS) is 29.1. The van der Waals surface area contributed by atoms with Gasteiger partial charge >= 0.3 is 11.9 Å². The van der Waals surface area contributed by atoms with Crippen LogP contribution in [0.5, 0.6) is 11.5 Å². The molecule has 0 bridgehead atoms. The van der Waals surface area contributed by atoms with Crippen molar-refractivity contribution in [1.82, 2.24) is 19.8 Å². The van der Waals surface area contributed by atoms with Crippen molar-refractivity contribution in [2.45, 2.75) is 207 Å². The second-order valence-corrected chi connectivity index (χ2v) is 26.7. The van der Waals surface area contributed by atoms with Gasteiger partial charge in [-0.2, -0.15) is 0 Å². The third-order valence-electron chi connectivity index (χ3n) is 20.3. The summed E-state index contributed by atoms with van der Waals surface area (Å²) in [6, 6.07) is 11.3. The zero-order valence-corrected chi connectivity index (χ0v) is 52.5. The number of amides is 2. The minimum Gasteiger partial charge on any atom is -0.483 e. The predicted molar refractivity (Wildman–Crippen MR) is 334 cm³/mol. The van der Waals surface area contributed by atoms with E-state index in [-0.39, 0.29) is 85.0 Å². The minimum absolute atomic E-state index is 0.00679. The summed E-state index contributed by atoms with van der Waals surface area (Å²) >= 11 is 0. The van der Waals surface area contributed by atoms with E-state index in [0.717, 1.165) is 139 Å². The first-order valence-corrected chi connectivity index (χ1v) is 32.3. The summed E-state index contributed by atoms with van der Waals surface area (Å²) in [4.78, 5) is 95.9. The third-order valence-corrected chi connectivity index (χ3v) is 20.3. The highest BCUT2D eigenvalue weighted by Gasteiger charge is 2.64. The lowest BCUT2D eigenvalue weighted by atomic mass is 9.85. The molecule has 2 amide bonds. The molecule has 460 valence electrons. The summed E-state index contributed by atoms with van der Waals surface area (Å²) in [6.45, 7) is 24.6. The Morgan fingerprint density at radius 3 is 2.01 bits per heavy atom. The number of unbranched alkanes of at least 4 members (excludes halogenated alkanes) is 3. The van der Waals surface area contributed by atoms with E-state index in [4.69, 9.17) is 28.9 Å². The lowest BCUT2D eigenvalue weighted by Crippen LogP contribution is -2.46. The average molecular weight is 1170 g/mol. The lowest BCUT2D eigenvalue weighted by molar-refractivity contribution is -0.153. The Hall–Kier alpha value is -6.70. The zero-order chi connectivity index (χ0) is 61.3. The Morgan fingerprint density at radius 2 is 1.41 bits per heavy atom. The van der Waals surface area contributed by atoms with Gasteiger partial charge in [0.2, 0.25) is 11.8 Å². The molecule has 14 nitrogen and oxygen atoms in total. The first-order chi connectivity index (χ1) is 41.2. The van der Waals surface area contributed by atoms with Crippen LogP contribution in [0, 0.1) is 62.2 Å². The van der Waals surface area contributed by atoms with E-state index in [0.29, 0.717) is 45.2 Å². The molecule has 2 saturated heterocycles. The standard InChI is InChI=1S/C37H48N2O5.C35H44N2O5/c1-7-10-11-12-13-14-25(5)34(41)39-23-36(21-31(39)32(40)22-37(20-27(37)8-2)35(42)43-9-3)18-17-28-29-19-24(4)15-16-30(29)38-26(6)33(28)44-36;1-5-41-33(40)35-18-25(35)12-10-8-6-7-9-11-23(3)32(39)37-21-34(19-29(37)30(38)20-35)16-15-26-27-17-22(2)13-14-28(27)36-24(4)31(26)42-34/h7-8,15-16,19,25,27,31H,1-2,9-14,17-18,20-23H2,3-6H3;10,12-14,17,23,25,29H,5-9,11,15-16,18-21H2,1-4H3/b;12-10-/t25-,27+,31-,36+,37?;23-,25+,29-,34+,35?/m00/s1. The number of likely N-dealkylation sites (tertiary alicyclic amines) is 1. The molecule has 2 unspecified atom stereocenters. The van der Waals surface area contributed by atoms with Gasteiger partial charge in [0.1, 0.15) is 22.7 Å². The monoisotopic (exact) mass is 1170 g/mol. The number of ether oxygens (including phenoxy) is 4. The van der Waals surface area contributed by atoms with Crippen LogP contribution in [0.25, 0.3) is 21.8 Å². The van der Waals surface area contributed by atoms with Crippen LogP contribution in [0.1, 0.15) is 177 Å². The van der Waals surface area contributed by atoms with Gasteiger partial charge in [0, 0.05) is 59.4 Å². The van der Waals surface area contributed by atoms with Crippen LogP contribution in [0.2, 0.25) is 0 Å². The van der Waals surface area contributed by atoms with Crippen LogP contribution in [-0.2, 0) is 51.1 Å². The highest BCUT2D eigenvalue weighted by Crippen LogP contribution is 2.59. The van der Waals surface area contributed by atoms with Crippen molar-refractivity contribution >= 4 is 57.1 Å². The molecule has 2 aliphatic carbocycles. The van der Waals surface area contributed by atoms with E-state index in [1.807, 2.05) is 33.8 Å². The van der Waals surface area contributed by atoms with Crippen molar-refractivity contribution in [3.05, 3.63) is 108 Å². The number of carbonyl (C=O) groups is 6. The van der Waals surface area contributed by atoms with Crippen molar-refractivity contribution in [1.29, 1.82) is 0 Å². The molecular formula is C72H92N4O10. The maximum atomic E-state index is 14.2. The molecule has 4 aromatic rings. The molecule has 0 N–H and O–H groups in total. The summed E-state index contributed by atoms with van der Waals surface area (Å²) in [7, 11) is 0. The second kappa shape index (κ2) is 25.6. The van der Waals surface area contributed by atoms with Crippen LogP contribution in [0.3, 0.4) is 0 Å². The van der Waals surface area contributed by atoms with Gasteiger partial charge in [-0.1, -0.05) is 87.1 Å². The van der Waals surface area contributed by atoms with Crippen molar-refractivity contribution in [3.8, 4) is 11.5 Å². The molecule has 14 heteroatoms. The molecule has 2 spiro atoms. The number of Topliss-reactive ketones (excluding diaryl/α,β-unsaturated/α-hetero) is 2. The van der Waals surface area contributed by atoms with Gasteiger partial charge in [0.25, 0.3) is 0 Å². The number of carbonyl (C=O) groups excluding carboxylic acids is 6. The third kappa shape index (κ3) is 12.4. The van der Waals surface area contributed by atoms with Crippen LogP contribution >= 0.6 is 0 Å². The maximum Gasteiger partial charge on any atom is 0.313 e. The number of pyridine rings is 2. The van der Waals surface area contributed by atoms with Crippen LogP contribution < -0.4 is 9.47 Å². The number of hydrogen-bond donors (Lipinski definition) is 0. The Morgan fingerprint density at radius 1 is 0.779 bits per heavy atom. The molecule has 5 aliphatic heterocycles. The molecule has 2 aromatic carbocycles. The Kier molecular flexibility index (Phi) is 18.5. The second-order valence-electron chi connectivity index (χ2n) is 26.7. The van der Waals surface area contributed by atoms with E-state index in [9.17, 15) is 28.8 Å². The van der Waals surface area contributed by atoms with Crippen molar-refractivity contribution < 1.29 is 47.7 Å². The average Bonchev–Trinajstić information content (AvgIpc) is 1.51. The summed E-state index contributed by atoms with van der Waals surface area (Å²) in [6.07, 6.45) is 22.8. The first kappa shape index (κ1) is 62.4. The molecule has 0 radical (unpaired) electrons. The SMILES string of the molecule is C=CCCCCC[C@H](C)C(=O)N1C[C@@]2(CCc3c(c(C)nc4ccc(C)cc34)O2)C[C@H]1C(=O)CC1(C(=O)OCC)C[C@H]1C=C.CCOC(=O)C12CC(=O)[C@@H]3C[C@]4(CCc5c(c(C)nc6ccc(C)cc56)O4)CN3C(=O)[C@@H](C)CCCCC/C=C\[C@@H]1C2. The van der Waals surface area contributed by atoms with Gasteiger partial charge in [0.05, 0.1) is 71.6 Å². The van der Waals surface area contributed by atoms with E-state index >= 15 is 0 Å². The Bertz CT molecular complexity index is 3350. The van der Waals surface area contributed by atoms with E-state index in [1.165, 1.54) is 11.1 Å². The Labute approximate surface area is 509 Å². The smallest absolute Gasteiger partial charge is 0.313 e. The number of esters is 2. The van der Waals surface area contributed by atoms with E-state index in [2.05, 4.69) is 75.6 Å². The topological polar surface area (TPSA) is 172 Å². The number of rotatable bonds is 15. The molecule has 2 saturated carbocycles. The Balaban J connectivity index is 0.000000191. The van der Waals surface area contributed by atoms with E-state index < -0.39 is 34.1 Å². The van der Waals surface area contributed by atoms with Gasteiger partial charge in [-0.25, -0.2) is 9.97 Å². The van der Waals surface area contributed by atoms with Crippen molar-refractivity contribution in [2.24, 2.45) is 34.5 Å². The summed E-state index contributed by atoms with van der Waals surface area (Å²) in [5, 5.41) is 2.22. The summed E-state index contributed by atoms with van der Waals surface area (Å²) < 4.78 is 24.6. The van der Waals surface area contributed by atoms with Gasteiger partial charge in [-0.3, -0.25) is 28.8 Å². The fraction of sp³-hybridized carbons (Fsp3) is 0.583. The van der Waals surface area contributed by atoms with Gasteiger partial charge < -0.3 is 28.7 Å². The number of aryl methyl sites for hydroxylation is 6. The zero-order valence-electron chi connectivity index (χ0n) is 52.5.